The van der Waals surface area contributed by atoms with Gasteiger partial charge in [0, 0.05) is 33.0 Å². The molecule has 0 spiro atoms. The molecule has 0 saturated carbocycles. The minimum Gasteiger partial charge on any atom is -0.394 e. The molecule has 3 fully saturated rings. The molecular weight excluding hydrogens is 1320 g/mol. The molecule has 3 rings (SSSR count). The highest BCUT2D eigenvalue weighted by Crippen LogP contribution is 2.27. The third-order valence-electron chi connectivity index (χ3n) is 18.9. The molecule has 32 nitrogen and oxygen atoms in total. The van der Waals surface area contributed by atoms with Crippen LogP contribution in [-0.4, -0.2) is 228 Å². The number of hydrogen-bond acceptors (Lipinski definition) is 17. The first-order chi connectivity index (χ1) is 47.1. The fraction of sp³-hybridized carbons (Fsp3) is 0.786. The Labute approximate surface area is 601 Å². The molecule has 102 heavy (non-hydrogen) atoms. The van der Waals surface area contributed by atoms with Gasteiger partial charge in [-0.05, 0) is 157 Å². The van der Waals surface area contributed by atoms with Crippen LogP contribution in [0.3, 0.4) is 0 Å². The molecule has 15 N–H and O–H groups in total. The fourth-order valence-corrected chi connectivity index (χ4v) is 12.8. The van der Waals surface area contributed by atoms with Crippen molar-refractivity contribution in [2.75, 3.05) is 32.8 Å². The summed E-state index contributed by atoms with van der Waals surface area (Å²) in [6.07, 6.45) is 2.41. The fourth-order valence-electron chi connectivity index (χ4n) is 12.8. The van der Waals surface area contributed by atoms with Crippen molar-refractivity contribution in [2.45, 2.75) is 297 Å². The lowest BCUT2D eigenvalue weighted by Crippen LogP contribution is -2.66. The third-order valence-corrected chi connectivity index (χ3v) is 18.9. The molecule has 0 aliphatic carbocycles. The van der Waals surface area contributed by atoms with Crippen molar-refractivity contribution >= 4 is 88.6 Å². The molecule has 0 aromatic rings. The van der Waals surface area contributed by atoms with Gasteiger partial charge in [-0.3, -0.25) is 71.9 Å². The summed E-state index contributed by atoms with van der Waals surface area (Å²) >= 11 is 0. The number of aliphatic hydroxyl groups excluding tert-OH is 2. The van der Waals surface area contributed by atoms with E-state index in [0.717, 1.165) is 0 Å². The Kier molecular flexibility index (Phi) is 32.8. The first kappa shape index (κ1) is 88.2. The number of carbonyl (C=O) groups is 15. The number of aliphatic hydroxyl groups is 2. The van der Waals surface area contributed by atoms with Gasteiger partial charge in [-0.25, -0.2) is 0 Å². The van der Waals surface area contributed by atoms with E-state index in [2.05, 4.69) is 58.5 Å². The van der Waals surface area contributed by atoms with Crippen molar-refractivity contribution in [3.63, 3.8) is 0 Å². The number of rotatable bonds is 38. The van der Waals surface area contributed by atoms with Gasteiger partial charge in [0.2, 0.25) is 88.6 Å². The van der Waals surface area contributed by atoms with Crippen molar-refractivity contribution in [1.82, 2.24) is 73.2 Å². The lowest BCUT2D eigenvalue weighted by Gasteiger charge is -2.37. The monoisotopic (exact) mass is 1440 g/mol. The highest BCUT2D eigenvalue weighted by Gasteiger charge is 2.49. The maximum absolute atomic E-state index is 14.6. The molecule has 32 heteroatoms. The minimum atomic E-state index is -1.73. The van der Waals surface area contributed by atoms with Crippen molar-refractivity contribution in [3.8, 4) is 0 Å². The predicted molar refractivity (Wildman–Crippen MR) is 378 cm³/mol. The van der Waals surface area contributed by atoms with Gasteiger partial charge in [0.15, 0.2) is 0 Å². The van der Waals surface area contributed by atoms with Crippen LogP contribution >= 0.6 is 0 Å². The maximum atomic E-state index is 14.6. The van der Waals surface area contributed by atoms with Crippen LogP contribution in [0, 0.1) is 23.7 Å². The number of hydrogen-bond donors (Lipinski definition) is 14. The lowest BCUT2D eigenvalue weighted by molar-refractivity contribution is -0.147. The Bertz CT molecular complexity index is 3040. The number of likely N-dealkylation sites (tertiary alicyclic amines) is 3. The summed E-state index contributed by atoms with van der Waals surface area (Å²) in [5, 5.41) is 49.9. The normalized spacial score (nSPS) is 19.2. The predicted octanol–water partition coefficient (Wildman–Crippen LogP) is -0.813. The first-order valence-corrected chi connectivity index (χ1v) is 36.0. The summed E-state index contributed by atoms with van der Waals surface area (Å²) in [4.78, 5) is 211. The average Bonchev–Trinajstić information content (AvgIpc) is 1.61. The third kappa shape index (κ3) is 24.9. The molecule has 15 amide bonds. The van der Waals surface area contributed by atoms with Gasteiger partial charge >= 0.3 is 0 Å². The Balaban J connectivity index is 1.74. The molecule has 3 heterocycles. The smallest absolute Gasteiger partial charge is 0.248 e. The minimum absolute atomic E-state index is 0.0345. The largest absolute Gasteiger partial charge is 0.394 e. The van der Waals surface area contributed by atoms with Crippen molar-refractivity contribution < 1.29 is 82.1 Å². The number of nitrogens with one attached hydrogen (secondary N) is 11. The second-order valence-corrected chi connectivity index (χ2v) is 31.3. The summed E-state index contributed by atoms with van der Waals surface area (Å²) < 4.78 is 0. The standard InChI is InChI=1S/C70H121N15O17/c1-20-41(9)52(77-54(91)47(37-87)74-58(95)49-26-23-31-84(49)64(101)67(13,14)79-55(92)45(34-39(5)6)73-53(90)44(28-29-51(71)89)75-61(98)66(11,12)78-42(10)88)60(97)81-69(17,18)65(102)85-32-24-27-50(85)59(96)82-70(19,21-2)62(99)76-46(35-40(7)8)56(93)80-68(15,16)63(100)83-30-22-25-48(83)57(94)72-43(36-86)33-38(3)4/h38-41,43-50,52,86-87H,20-37H2,1-19H3,(H2,71,89)(H,72,94)(H,73,90)(H,74,95)(H,75,98)(H,76,99)(H,77,91)(H,78,88)(H,79,92)(H,80,93)(H,81,97)(H,82,96)/t41-,43-,44-,45-,46-,47-,48-,49-,50-,52-,70-/m0/s1. The Morgan fingerprint density at radius 2 is 0.843 bits per heavy atom. The molecule has 0 aromatic heterocycles. The van der Waals surface area contributed by atoms with Crippen LogP contribution in [-0.2, 0) is 71.9 Å². The first-order valence-electron chi connectivity index (χ1n) is 36.0. The van der Waals surface area contributed by atoms with Gasteiger partial charge < -0.3 is 89.1 Å². The zero-order chi connectivity index (χ0) is 77.9. The van der Waals surface area contributed by atoms with Gasteiger partial charge in [0.05, 0.1) is 19.3 Å². The highest BCUT2D eigenvalue weighted by atomic mass is 16.3. The number of nitrogens with two attached hydrogens (primary N) is 1. The van der Waals surface area contributed by atoms with Crippen LogP contribution in [0.15, 0.2) is 0 Å². The van der Waals surface area contributed by atoms with E-state index in [0.29, 0.717) is 38.5 Å². The van der Waals surface area contributed by atoms with E-state index in [9.17, 15) is 82.1 Å². The molecular formula is C70H121N15O17. The summed E-state index contributed by atoms with van der Waals surface area (Å²) in [6.45, 7) is 29.6. The molecule has 0 bridgehead atoms. The van der Waals surface area contributed by atoms with Gasteiger partial charge in [-0.2, -0.15) is 0 Å². The summed E-state index contributed by atoms with van der Waals surface area (Å²) in [5.41, 5.74) is -2.75. The molecule has 0 radical (unpaired) electrons. The number of nitrogens with zero attached hydrogens (tertiary/aromatic N) is 3. The summed E-state index contributed by atoms with van der Waals surface area (Å²) in [7, 11) is 0. The van der Waals surface area contributed by atoms with Crippen molar-refractivity contribution in [2.24, 2.45) is 29.4 Å². The van der Waals surface area contributed by atoms with E-state index in [1.807, 2.05) is 27.7 Å². The SMILES string of the molecule is CC[C@H](C)[C@H](NC(=O)[C@H](CO)NC(=O)[C@@H]1CCCN1C(=O)C(C)(C)NC(=O)[C@H](CC(C)C)NC(=O)[C@H](CCC(N)=O)NC(=O)C(C)(C)NC(C)=O)C(=O)NC(C)(C)C(=O)N1CCC[C@H]1C(=O)N[C@@](C)(CC)C(=O)N[C@@H](CC(C)C)C(=O)NC(C)(C)C(=O)N1CCC[C@H]1C(=O)N[C@H](CO)CC(C)C. The van der Waals surface area contributed by atoms with E-state index < -0.39 is 183 Å². The lowest BCUT2D eigenvalue weighted by atomic mass is 9.94. The van der Waals surface area contributed by atoms with Gasteiger partial charge in [-0.15, -0.1) is 0 Å². The average molecular weight is 1440 g/mol. The van der Waals surface area contributed by atoms with Crippen LogP contribution in [0.4, 0.5) is 0 Å². The zero-order valence-electron chi connectivity index (χ0n) is 63.7. The second-order valence-electron chi connectivity index (χ2n) is 31.3. The zero-order valence-corrected chi connectivity index (χ0v) is 63.7. The number of carbonyl (C=O) groups excluding carboxylic acids is 15. The van der Waals surface area contributed by atoms with E-state index in [1.54, 1.807) is 34.6 Å². The van der Waals surface area contributed by atoms with E-state index in [4.69, 9.17) is 5.73 Å². The van der Waals surface area contributed by atoms with Gasteiger partial charge in [-0.1, -0.05) is 68.7 Å². The van der Waals surface area contributed by atoms with Crippen molar-refractivity contribution in [3.05, 3.63) is 0 Å². The van der Waals surface area contributed by atoms with Crippen LogP contribution in [0.1, 0.15) is 215 Å². The highest BCUT2D eigenvalue weighted by molar-refractivity contribution is 6.02. The van der Waals surface area contributed by atoms with E-state index in [1.165, 1.54) is 83.9 Å². The number of primary amides is 1. The van der Waals surface area contributed by atoms with Crippen molar-refractivity contribution in [1.29, 1.82) is 0 Å². The summed E-state index contributed by atoms with van der Waals surface area (Å²) in [5.74, 6) is -11.5. The molecule has 0 unspecified atom stereocenters. The van der Waals surface area contributed by atoms with Crippen LogP contribution < -0.4 is 64.2 Å². The quantitative estimate of drug-likeness (QED) is 0.0359. The molecule has 3 saturated heterocycles. The molecule has 3 aliphatic heterocycles. The second kappa shape index (κ2) is 37.9. The molecule has 0 aromatic carbocycles. The Hall–Kier alpha value is -8.03. The van der Waals surface area contributed by atoms with E-state index in [-0.39, 0.29) is 88.9 Å². The molecule has 578 valence electrons. The Morgan fingerprint density at radius 3 is 1.24 bits per heavy atom. The van der Waals surface area contributed by atoms with Gasteiger partial charge in [0.25, 0.3) is 0 Å². The number of amides is 15. The maximum Gasteiger partial charge on any atom is 0.248 e. The topological polar surface area (TPSA) is 465 Å². The van der Waals surface area contributed by atoms with Crippen LogP contribution in [0.5, 0.6) is 0 Å². The summed E-state index contributed by atoms with van der Waals surface area (Å²) in [6, 6.07) is -10.5. The van der Waals surface area contributed by atoms with Crippen LogP contribution in [0.25, 0.3) is 0 Å². The van der Waals surface area contributed by atoms with Gasteiger partial charge in [0.1, 0.15) is 76.0 Å². The molecule has 3 aliphatic rings. The van der Waals surface area contributed by atoms with Crippen LogP contribution in [0.2, 0.25) is 0 Å². The Morgan fingerprint density at radius 1 is 0.441 bits per heavy atom. The molecule has 11 atom stereocenters. The van der Waals surface area contributed by atoms with E-state index >= 15 is 0 Å².